The summed E-state index contributed by atoms with van der Waals surface area (Å²) in [6.07, 6.45) is -2.29. The van der Waals surface area contributed by atoms with E-state index < -0.39 is 18.1 Å². The monoisotopic (exact) mass is 431 g/mol. The molecule has 152 valence electrons. The summed E-state index contributed by atoms with van der Waals surface area (Å²) in [5.41, 5.74) is 1.99. The van der Waals surface area contributed by atoms with Crippen molar-refractivity contribution in [1.82, 2.24) is 14.8 Å². The number of carboxylic acid groups (broad SMARTS) is 1. The molecule has 1 aliphatic carbocycles. The molecule has 2 aromatic heterocycles. The third-order valence-corrected chi connectivity index (χ3v) is 6.58. The minimum Gasteiger partial charge on any atom is -0.477 e. The summed E-state index contributed by atoms with van der Waals surface area (Å²) in [5.74, 6) is -2.43. The molecule has 0 spiro atoms. The highest BCUT2D eigenvalue weighted by atomic mass is 32.2. The van der Waals surface area contributed by atoms with Crippen molar-refractivity contribution in [2.75, 3.05) is 0 Å². The number of aryl methyl sites for hydroxylation is 1. The van der Waals surface area contributed by atoms with Crippen LogP contribution in [0, 0.1) is 12.8 Å². The zero-order valence-electron chi connectivity index (χ0n) is 15.6. The van der Waals surface area contributed by atoms with Gasteiger partial charge in [-0.1, -0.05) is 31.3 Å². The number of thiazole rings is 1. The van der Waals surface area contributed by atoms with Gasteiger partial charge in [0, 0.05) is 5.25 Å². The first-order valence-electron chi connectivity index (χ1n) is 8.80. The Labute approximate surface area is 168 Å². The Hall–Kier alpha value is -1.81. The zero-order chi connectivity index (χ0) is 20.6. The number of aromatic nitrogens is 3. The maximum absolute atomic E-state index is 13.0. The lowest BCUT2D eigenvalue weighted by Gasteiger charge is -2.23. The van der Waals surface area contributed by atoms with Crippen LogP contribution in [0.1, 0.15) is 55.0 Å². The molecule has 0 amide bonds. The lowest BCUT2D eigenvalue weighted by atomic mass is 9.88. The number of carboxylic acids is 1. The van der Waals surface area contributed by atoms with Crippen LogP contribution in [0.4, 0.5) is 13.2 Å². The molecule has 1 N–H and O–H groups in total. The second kappa shape index (κ2) is 7.90. The summed E-state index contributed by atoms with van der Waals surface area (Å²) >= 11 is 2.88. The fourth-order valence-electron chi connectivity index (χ4n) is 3.03. The van der Waals surface area contributed by atoms with Crippen LogP contribution in [-0.2, 0) is 0 Å². The molecule has 0 saturated carbocycles. The summed E-state index contributed by atoms with van der Waals surface area (Å²) < 4.78 is 41.0. The number of alkyl halides is 3. The highest BCUT2D eigenvalue weighted by Crippen LogP contribution is 2.43. The first-order valence-corrected chi connectivity index (χ1v) is 10.5. The van der Waals surface area contributed by atoms with Crippen LogP contribution in [0.15, 0.2) is 16.4 Å². The van der Waals surface area contributed by atoms with Gasteiger partial charge in [-0.15, -0.1) is 11.8 Å². The molecule has 0 saturated heterocycles. The summed E-state index contributed by atoms with van der Waals surface area (Å²) in [4.78, 5) is 16.1. The molecule has 1 unspecified atom stereocenters. The number of allylic oxidation sites excluding steroid dienone is 2. The average molecular weight is 432 g/mol. The number of thioether (sulfide) groups is 1. The summed E-state index contributed by atoms with van der Waals surface area (Å²) in [6.45, 7) is 5.73. The fraction of sp³-hybridized carbons (Fsp3) is 0.500. The molecule has 0 bridgehead atoms. The molecule has 0 fully saturated rings. The molecule has 1 atom stereocenters. The van der Waals surface area contributed by atoms with Crippen LogP contribution in [0.5, 0.6) is 0 Å². The van der Waals surface area contributed by atoms with E-state index >= 15 is 0 Å². The topological polar surface area (TPSA) is 68.0 Å². The standard InChI is InChI=1S/C18H20F3N3O2S2/c1-9(2)27-16-14(11-4-6-12(7-5-11)18(19,20)21)22-17(28-16)24-13(15(25)26)8-10(3)23-24/h4,8-9,12H,5-7H2,1-3H3,(H,25,26). The van der Waals surface area contributed by atoms with Crippen molar-refractivity contribution in [2.24, 2.45) is 5.92 Å². The minimum atomic E-state index is -4.19. The Morgan fingerprint density at radius 1 is 1.43 bits per heavy atom. The van der Waals surface area contributed by atoms with E-state index in [0.29, 0.717) is 22.9 Å². The number of nitrogens with zero attached hydrogens (tertiary/aromatic N) is 3. The third kappa shape index (κ3) is 4.43. The molecular weight excluding hydrogens is 411 g/mol. The fourth-order valence-corrected chi connectivity index (χ4v) is 5.54. The summed E-state index contributed by atoms with van der Waals surface area (Å²) in [6, 6.07) is 1.46. The Morgan fingerprint density at radius 3 is 2.68 bits per heavy atom. The van der Waals surface area contributed by atoms with E-state index in [1.165, 1.54) is 22.1 Å². The van der Waals surface area contributed by atoms with Crippen LogP contribution < -0.4 is 0 Å². The van der Waals surface area contributed by atoms with Gasteiger partial charge < -0.3 is 5.11 Å². The summed E-state index contributed by atoms with van der Waals surface area (Å²) in [7, 11) is 0. The Bertz CT molecular complexity index is 916. The zero-order valence-corrected chi connectivity index (χ0v) is 17.2. The SMILES string of the molecule is Cc1cc(C(=O)O)n(-c2nc(C3=CCC(C(F)(F)F)CC3)c(SC(C)C)s2)n1. The number of rotatable bonds is 5. The summed E-state index contributed by atoms with van der Waals surface area (Å²) in [5, 5.41) is 14.3. The molecule has 0 aromatic carbocycles. The van der Waals surface area contributed by atoms with Crippen molar-refractivity contribution in [3.63, 3.8) is 0 Å². The quantitative estimate of drug-likeness (QED) is 0.626. The van der Waals surface area contributed by atoms with Gasteiger partial charge in [-0.2, -0.15) is 23.0 Å². The Morgan fingerprint density at radius 2 is 2.14 bits per heavy atom. The first-order chi connectivity index (χ1) is 13.1. The molecular formula is C18H20F3N3O2S2. The number of aromatic carboxylic acids is 1. The van der Waals surface area contributed by atoms with Gasteiger partial charge in [0.2, 0.25) is 5.13 Å². The molecule has 5 nitrogen and oxygen atoms in total. The molecule has 10 heteroatoms. The van der Waals surface area contributed by atoms with E-state index in [1.807, 2.05) is 13.8 Å². The van der Waals surface area contributed by atoms with Crippen molar-refractivity contribution >= 4 is 34.6 Å². The van der Waals surface area contributed by atoms with Gasteiger partial charge in [0.05, 0.1) is 21.5 Å². The van der Waals surface area contributed by atoms with E-state index in [1.54, 1.807) is 24.8 Å². The molecule has 0 radical (unpaired) electrons. The van der Waals surface area contributed by atoms with Crippen molar-refractivity contribution in [1.29, 1.82) is 0 Å². The molecule has 0 aliphatic heterocycles. The lowest BCUT2D eigenvalue weighted by Crippen LogP contribution is -2.24. The predicted octanol–water partition coefficient (Wildman–Crippen LogP) is 5.58. The lowest BCUT2D eigenvalue weighted by molar-refractivity contribution is -0.175. The average Bonchev–Trinajstić information content (AvgIpc) is 3.17. The van der Waals surface area contributed by atoms with Crippen molar-refractivity contribution in [3.05, 3.63) is 29.2 Å². The molecule has 3 rings (SSSR count). The maximum atomic E-state index is 13.0. The van der Waals surface area contributed by atoms with E-state index in [9.17, 15) is 23.1 Å². The highest BCUT2D eigenvalue weighted by molar-refractivity contribution is 8.01. The molecule has 28 heavy (non-hydrogen) atoms. The van der Waals surface area contributed by atoms with Crippen molar-refractivity contribution in [3.8, 4) is 5.13 Å². The van der Waals surface area contributed by atoms with Crippen LogP contribution in [0.25, 0.3) is 10.7 Å². The second-order valence-corrected chi connectivity index (χ2v) is 9.75. The molecule has 2 heterocycles. The predicted molar refractivity (Wildman–Crippen MR) is 103 cm³/mol. The van der Waals surface area contributed by atoms with Gasteiger partial charge in [-0.25, -0.2) is 9.78 Å². The normalized spacial score (nSPS) is 17.8. The maximum Gasteiger partial charge on any atom is 0.392 e. The van der Waals surface area contributed by atoms with E-state index in [2.05, 4.69) is 10.1 Å². The number of carbonyl (C=O) groups is 1. The van der Waals surface area contributed by atoms with Crippen LogP contribution in [-0.4, -0.2) is 37.3 Å². The van der Waals surface area contributed by atoms with Gasteiger partial charge in [0.25, 0.3) is 0 Å². The van der Waals surface area contributed by atoms with Gasteiger partial charge in [0.15, 0.2) is 5.69 Å². The number of hydrogen-bond donors (Lipinski definition) is 1. The Kier molecular flexibility index (Phi) is 5.90. The molecule has 2 aromatic rings. The van der Waals surface area contributed by atoms with Gasteiger partial charge in [-0.05, 0) is 37.8 Å². The van der Waals surface area contributed by atoms with Gasteiger partial charge >= 0.3 is 12.1 Å². The molecule has 1 aliphatic rings. The highest BCUT2D eigenvalue weighted by Gasteiger charge is 2.40. The van der Waals surface area contributed by atoms with Crippen LogP contribution in [0.3, 0.4) is 0 Å². The number of hydrogen-bond acceptors (Lipinski definition) is 5. The smallest absolute Gasteiger partial charge is 0.392 e. The van der Waals surface area contributed by atoms with Crippen molar-refractivity contribution in [2.45, 2.75) is 55.7 Å². The van der Waals surface area contributed by atoms with E-state index in [-0.39, 0.29) is 23.8 Å². The third-order valence-electron chi connectivity index (χ3n) is 4.34. The van der Waals surface area contributed by atoms with E-state index in [0.717, 1.165) is 9.78 Å². The van der Waals surface area contributed by atoms with Crippen LogP contribution in [0.2, 0.25) is 0 Å². The first kappa shape index (κ1) is 20.9. The Balaban J connectivity index is 2.00. The van der Waals surface area contributed by atoms with Crippen LogP contribution >= 0.6 is 23.1 Å². The van der Waals surface area contributed by atoms with Gasteiger partial charge in [-0.3, -0.25) is 0 Å². The van der Waals surface area contributed by atoms with Crippen molar-refractivity contribution < 1.29 is 23.1 Å². The minimum absolute atomic E-state index is 0.00801. The second-order valence-electron chi connectivity index (χ2n) is 6.93. The number of halogens is 3. The van der Waals surface area contributed by atoms with E-state index in [4.69, 9.17) is 0 Å². The largest absolute Gasteiger partial charge is 0.477 e. The van der Waals surface area contributed by atoms with Gasteiger partial charge in [0.1, 0.15) is 0 Å².